The number of rotatable bonds is 5. The largest absolute Gasteiger partial charge is 0.573 e. The third-order valence-electron chi connectivity index (χ3n) is 2.86. The van der Waals surface area contributed by atoms with E-state index < -0.39 is 12.3 Å². The van der Waals surface area contributed by atoms with E-state index >= 15 is 0 Å². The molecule has 3 rings (SSSR count). The van der Waals surface area contributed by atoms with E-state index in [1.807, 2.05) is 0 Å². The lowest BCUT2D eigenvalue weighted by Crippen LogP contribution is -2.16. The topological polar surface area (TPSA) is 87.6 Å². The first kappa shape index (κ1) is 16.6. The zero-order valence-corrected chi connectivity index (χ0v) is 12.3. The molecule has 0 radical (unpaired) electrons. The number of carbonyl (C=O) groups excluding carboxylic acids is 1. The molecule has 0 amide bonds. The van der Waals surface area contributed by atoms with Gasteiger partial charge in [0.25, 0.3) is 5.89 Å². The summed E-state index contributed by atoms with van der Waals surface area (Å²) in [7, 11) is 0. The maximum atomic E-state index is 12.1. The van der Waals surface area contributed by atoms with Crippen molar-refractivity contribution in [2.75, 3.05) is 0 Å². The first-order valence-corrected chi connectivity index (χ1v) is 6.80. The number of ether oxygens (including phenoxy) is 2. The Morgan fingerprint density at radius 1 is 1.16 bits per heavy atom. The fourth-order valence-corrected chi connectivity index (χ4v) is 1.83. The Morgan fingerprint density at radius 3 is 2.56 bits per heavy atom. The molecule has 0 fully saturated rings. The van der Waals surface area contributed by atoms with Crippen LogP contribution in [0.15, 0.2) is 51.6 Å². The second-order valence-corrected chi connectivity index (χ2v) is 4.64. The van der Waals surface area contributed by atoms with Gasteiger partial charge in [-0.15, -0.1) is 13.2 Å². The van der Waals surface area contributed by atoms with E-state index in [0.717, 1.165) is 12.1 Å². The minimum Gasteiger partial charge on any atom is -0.457 e. The van der Waals surface area contributed by atoms with Crippen LogP contribution < -0.4 is 4.74 Å². The Hall–Kier alpha value is -3.30. The smallest absolute Gasteiger partial charge is 0.457 e. The molecule has 0 aliphatic rings. The van der Waals surface area contributed by atoms with Crippen LogP contribution in [0.1, 0.15) is 16.4 Å². The molecule has 0 unspecified atom stereocenters. The summed E-state index contributed by atoms with van der Waals surface area (Å²) in [6, 6.07) is 7.89. The van der Waals surface area contributed by atoms with Crippen molar-refractivity contribution in [3.05, 3.63) is 54.3 Å². The molecule has 25 heavy (non-hydrogen) atoms. The average Bonchev–Trinajstić information content (AvgIpc) is 3.24. The monoisotopic (exact) mass is 354 g/mol. The van der Waals surface area contributed by atoms with Gasteiger partial charge in [0.05, 0.1) is 6.26 Å². The standard InChI is InChI=1S/C15H9F3N2O5/c16-15(17,18)24-10-5-3-9(4-6-10)13-19-12(25-20-13)8-23-14(21)11-2-1-7-22-11/h1-7H,8H2. The van der Waals surface area contributed by atoms with Crippen molar-refractivity contribution < 1.29 is 36.4 Å². The summed E-state index contributed by atoms with van der Waals surface area (Å²) in [5.41, 5.74) is 0.405. The van der Waals surface area contributed by atoms with Crippen molar-refractivity contribution in [2.45, 2.75) is 13.0 Å². The fourth-order valence-electron chi connectivity index (χ4n) is 1.83. The van der Waals surface area contributed by atoms with Gasteiger partial charge < -0.3 is 18.4 Å². The third-order valence-corrected chi connectivity index (χ3v) is 2.86. The quantitative estimate of drug-likeness (QED) is 0.647. The minimum absolute atomic E-state index is 0.0190. The first-order chi connectivity index (χ1) is 11.9. The molecule has 3 aromatic rings. The SMILES string of the molecule is O=C(OCc1nc(-c2ccc(OC(F)(F)F)cc2)no1)c1ccco1. The Kier molecular flexibility index (Phi) is 4.42. The van der Waals surface area contributed by atoms with Gasteiger partial charge in [0, 0.05) is 5.56 Å². The fraction of sp³-hybridized carbons (Fsp3) is 0.133. The van der Waals surface area contributed by atoms with Crippen LogP contribution in [0.4, 0.5) is 13.2 Å². The normalized spacial score (nSPS) is 11.3. The minimum atomic E-state index is -4.77. The predicted molar refractivity (Wildman–Crippen MR) is 74.2 cm³/mol. The van der Waals surface area contributed by atoms with Crippen LogP contribution >= 0.6 is 0 Å². The molecule has 0 saturated carbocycles. The van der Waals surface area contributed by atoms with E-state index in [1.165, 1.54) is 30.5 Å². The van der Waals surface area contributed by atoms with Crippen molar-refractivity contribution in [1.29, 1.82) is 0 Å². The Balaban J connectivity index is 1.62. The third kappa shape index (κ3) is 4.37. The summed E-state index contributed by atoms with van der Waals surface area (Å²) in [6.07, 6.45) is -3.44. The molecule has 2 aromatic heterocycles. The maximum Gasteiger partial charge on any atom is 0.573 e. The highest BCUT2D eigenvalue weighted by Crippen LogP contribution is 2.25. The molecule has 0 atom stereocenters. The van der Waals surface area contributed by atoms with Crippen LogP contribution in [-0.4, -0.2) is 22.5 Å². The average molecular weight is 354 g/mol. The zero-order valence-electron chi connectivity index (χ0n) is 12.3. The zero-order chi connectivity index (χ0) is 17.9. The van der Waals surface area contributed by atoms with Gasteiger partial charge in [0.15, 0.2) is 6.61 Å². The van der Waals surface area contributed by atoms with Gasteiger partial charge in [-0.25, -0.2) is 4.79 Å². The molecule has 0 N–H and O–H groups in total. The first-order valence-electron chi connectivity index (χ1n) is 6.80. The second-order valence-electron chi connectivity index (χ2n) is 4.64. The number of furan rings is 1. The number of nitrogens with zero attached hydrogens (tertiary/aromatic N) is 2. The van der Waals surface area contributed by atoms with Gasteiger partial charge in [-0.3, -0.25) is 0 Å². The van der Waals surface area contributed by atoms with Crippen molar-refractivity contribution >= 4 is 5.97 Å². The number of alkyl halides is 3. The van der Waals surface area contributed by atoms with E-state index in [2.05, 4.69) is 14.9 Å². The summed E-state index contributed by atoms with van der Waals surface area (Å²) in [6.45, 7) is -0.276. The maximum absolute atomic E-state index is 12.1. The number of aromatic nitrogens is 2. The van der Waals surface area contributed by atoms with Crippen LogP contribution in [0.2, 0.25) is 0 Å². The molecule has 7 nitrogen and oxygen atoms in total. The van der Waals surface area contributed by atoms with Gasteiger partial charge in [0.2, 0.25) is 11.6 Å². The van der Waals surface area contributed by atoms with E-state index in [4.69, 9.17) is 13.7 Å². The van der Waals surface area contributed by atoms with Crippen molar-refractivity contribution in [1.82, 2.24) is 10.1 Å². The van der Waals surface area contributed by atoms with Crippen molar-refractivity contribution in [2.24, 2.45) is 0 Å². The van der Waals surface area contributed by atoms with Crippen LogP contribution in [0.25, 0.3) is 11.4 Å². The van der Waals surface area contributed by atoms with E-state index in [0.29, 0.717) is 5.56 Å². The number of benzene rings is 1. The Bertz CT molecular complexity index is 841. The van der Waals surface area contributed by atoms with Gasteiger partial charge in [0.1, 0.15) is 5.75 Å². The highest BCUT2D eigenvalue weighted by atomic mass is 19.4. The lowest BCUT2D eigenvalue weighted by molar-refractivity contribution is -0.274. The molecule has 2 heterocycles. The lowest BCUT2D eigenvalue weighted by atomic mass is 10.2. The molecule has 0 aliphatic heterocycles. The van der Waals surface area contributed by atoms with Gasteiger partial charge in [-0.1, -0.05) is 5.16 Å². The lowest BCUT2D eigenvalue weighted by Gasteiger charge is -2.08. The summed E-state index contributed by atoms with van der Waals surface area (Å²) < 4.78 is 54.8. The molecular formula is C15H9F3N2O5. The highest BCUT2D eigenvalue weighted by Gasteiger charge is 2.31. The molecule has 1 aromatic carbocycles. The molecule has 0 saturated heterocycles. The van der Waals surface area contributed by atoms with Crippen molar-refractivity contribution in [3.63, 3.8) is 0 Å². The number of carbonyl (C=O) groups is 1. The number of hydrogen-bond donors (Lipinski definition) is 0. The number of halogens is 3. The summed E-state index contributed by atoms with van der Waals surface area (Å²) in [5.74, 6) is -0.890. The molecule has 130 valence electrons. The molecule has 10 heteroatoms. The van der Waals surface area contributed by atoms with Crippen LogP contribution in [0.3, 0.4) is 0 Å². The number of hydrogen-bond acceptors (Lipinski definition) is 7. The van der Waals surface area contributed by atoms with Crippen LogP contribution in [0, 0.1) is 0 Å². The predicted octanol–water partition coefficient (Wildman–Crippen LogP) is 3.59. The highest BCUT2D eigenvalue weighted by molar-refractivity contribution is 5.86. The van der Waals surface area contributed by atoms with E-state index in [1.54, 1.807) is 0 Å². The van der Waals surface area contributed by atoms with E-state index in [9.17, 15) is 18.0 Å². The van der Waals surface area contributed by atoms with Crippen LogP contribution in [0.5, 0.6) is 5.75 Å². The molecule has 0 spiro atoms. The molecular weight excluding hydrogens is 345 g/mol. The second kappa shape index (κ2) is 6.67. The van der Waals surface area contributed by atoms with E-state index in [-0.39, 0.29) is 29.8 Å². The van der Waals surface area contributed by atoms with Gasteiger partial charge in [-0.2, -0.15) is 4.98 Å². The Labute approximate surface area is 138 Å². The summed E-state index contributed by atoms with van der Waals surface area (Å²) in [4.78, 5) is 15.6. The van der Waals surface area contributed by atoms with Crippen LogP contribution in [-0.2, 0) is 11.3 Å². The summed E-state index contributed by atoms with van der Waals surface area (Å²) >= 11 is 0. The van der Waals surface area contributed by atoms with Crippen molar-refractivity contribution in [3.8, 4) is 17.1 Å². The Morgan fingerprint density at radius 2 is 1.92 bits per heavy atom. The van der Waals surface area contributed by atoms with Gasteiger partial charge in [-0.05, 0) is 36.4 Å². The number of esters is 1. The van der Waals surface area contributed by atoms with Gasteiger partial charge >= 0.3 is 12.3 Å². The summed E-state index contributed by atoms with van der Waals surface area (Å²) in [5, 5.41) is 3.67. The molecule has 0 aliphatic carbocycles. The molecule has 0 bridgehead atoms.